The van der Waals surface area contributed by atoms with Crippen LogP contribution in [0.4, 0.5) is 0 Å². The van der Waals surface area contributed by atoms with Crippen LogP contribution in [0.15, 0.2) is 24.3 Å². The minimum atomic E-state index is 0.337. The van der Waals surface area contributed by atoms with Crippen molar-refractivity contribution in [3.63, 3.8) is 0 Å². The fourth-order valence-electron chi connectivity index (χ4n) is 3.70. The molecule has 3 rings (SSSR count). The molecule has 0 aromatic heterocycles. The highest BCUT2D eigenvalue weighted by Crippen LogP contribution is 2.39. The summed E-state index contributed by atoms with van der Waals surface area (Å²) in [6.45, 7) is 1.51. The van der Waals surface area contributed by atoms with Gasteiger partial charge in [-0.15, -0.1) is 0 Å². The molecule has 2 heterocycles. The van der Waals surface area contributed by atoms with Crippen LogP contribution in [-0.4, -0.2) is 23.4 Å². The first kappa shape index (κ1) is 12.7. The van der Waals surface area contributed by atoms with E-state index >= 15 is 0 Å². The van der Waals surface area contributed by atoms with Crippen molar-refractivity contribution in [2.75, 3.05) is 6.54 Å². The molecule has 2 fully saturated rings. The Hall–Kier alpha value is -1.35. The smallest absolute Gasteiger partial charge is 0.223 e. The second-order valence-corrected chi connectivity index (χ2v) is 5.72. The van der Waals surface area contributed by atoms with Gasteiger partial charge in [0.2, 0.25) is 5.91 Å². The van der Waals surface area contributed by atoms with Gasteiger partial charge in [0, 0.05) is 31.5 Å². The van der Waals surface area contributed by atoms with E-state index in [9.17, 15) is 4.79 Å². The van der Waals surface area contributed by atoms with Crippen molar-refractivity contribution < 1.29 is 4.79 Å². The number of benzene rings is 1. The SMILES string of the molecule is NCc1ccccc1C1CC(=O)N2CCCCCC12. The molecule has 0 radical (unpaired) electrons. The molecule has 2 aliphatic rings. The van der Waals surface area contributed by atoms with Crippen LogP contribution in [0.5, 0.6) is 0 Å². The first-order valence-electron chi connectivity index (χ1n) is 7.38. The maximum atomic E-state index is 12.2. The molecule has 102 valence electrons. The van der Waals surface area contributed by atoms with Gasteiger partial charge in [-0.1, -0.05) is 37.1 Å². The van der Waals surface area contributed by atoms with Crippen LogP contribution in [0.25, 0.3) is 0 Å². The molecule has 0 aliphatic carbocycles. The Morgan fingerprint density at radius 1 is 1.21 bits per heavy atom. The second kappa shape index (κ2) is 5.33. The van der Waals surface area contributed by atoms with Gasteiger partial charge in [0.05, 0.1) is 0 Å². The lowest BCUT2D eigenvalue weighted by Gasteiger charge is -2.27. The largest absolute Gasteiger partial charge is 0.339 e. The summed E-state index contributed by atoms with van der Waals surface area (Å²) in [4.78, 5) is 14.4. The zero-order valence-electron chi connectivity index (χ0n) is 11.3. The molecule has 1 amide bonds. The monoisotopic (exact) mass is 258 g/mol. The van der Waals surface area contributed by atoms with Crippen LogP contribution < -0.4 is 5.73 Å². The number of hydrogen-bond acceptors (Lipinski definition) is 2. The Morgan fingerprint density at radius 2 is 2.05 bits per heavy atom. The van der Waals surface area contributed by atoms with Gasteiger partial charge in [-0.2, -0.15) is 0 Å². The van der Waals surface area contributed by atoms with E-state index in [-0.39, 0.29) is 0 Å². The number of amides is 1. The Morgan fingerprint density at radius 3 is 2.89 bits per heavy atom. The van der Waals surface area contributed by atoms with Gasteiger partial charge in [-0.05, 0) is 24.0 Å². The fraction of sp³-hybridized carbons (Fsp3) is 0.562. The highest BCUT2D eigenvalue weighted by Gasteiger charge is 2.41. The Balaban J connectivity index is 1.93. The summed E-state index contributed by atoms with van der Waals surface area (Å²) in [5.41, 5.74) is 8.35. The molecular formula is C16H22N2O. The topological polar surface area (TPSA) is 46.3 Å². The first-order chi connectivity index (χ1) is 9.31. The average Bonchev–Trinajstić information content (AvgIpc) is 2.64. The quantitative estimate of drug-likeness (QED) is 0.885. The molecule has 0 bridgehead atoms. The standard InChI is InChI=1S/C16H22N2O/c17-11-12-6-3-4-7-13(12)14-10-16(19)18-9-5-1-2-8-15(14)18/h3-4,6-7,14-15H,1-2,5,8-11,17H2. The van der Waals surface area contributed by atoms with Crippen LogP contribution >= 0.6 is 0 Å². The molecular weight excluding hydrogens is 236 g/mol. The average molecular weight is 258 g/mol. The fourth-order valence-corrected chi connectivity index (χ4v) is 3.70. The molecule has 2 N–H and O–H groups in total. The van der Waals surface area contributed by atoms with Crippen molar-refractivity contribution in [1.82, 2.24) is 4.90 Å². The summed E-state index contributed by atoms with van der Waals surface area (Å²) in [5, 5.41) is 0. The number of fused-ring (bicyclic) bond motifs is 1. The minimum absolute atomic E-state index is 0.337. The Bertz CT molecular complexity index is 472. The van der Waals surface area contributed by atoms with Crippen molar-refractivity contribution in [1.29, 1.82) is 0 Å². The number of nitrogens with two attached hydrogens (primary N) is 1. The number of nitrogens with zero attached hydrogens (tertiary/aromatic N) is 1. The number of carbonyl (C=O) groups excluding carboxylic acids is 1. The third-order valence-electron chi connectivity index (χ3n) is 4.65. The zero-order valence-corrected chi connectivity index (χ0v) is 11.3. The van der Waals surface area contributed by atoms with Crippen LogP contribution in [0.2, 0.25) is 0 Å². The third-order valence-corrected chi connectivity index (χ3v) is 4.65. The maximum Gasteiger partial charge on any atom is 0.223 e. The Kier molecular flexibility index (Phi) is 3.56. The van der Waals surface area contributed by atoms with E-state index in [2.05, 4.69) is 23.1 Å². The highest BCUT2D eigenvalue weighted by atomic mass is 16.2. The lowest BCUT2D eigenvalue weighted by atomic mass is 9.86. The second-order valence-electron chi connectivity index (χ2n) is 5.72. The molecule has 3 heteroatoms. The van der Waals surface area contributed by atoms with Crippen molar-refractivity contribution in [3.05, 3.63) is 35.4 Å². The normalized spacial score (nSPS) is 27.2. The van der Waals surface area contributed by atoms with E-state index in [4.69, 9.17) is 5.73 Å². The molecule has 19 heavy (non-hydrogen) atoms. The summed E-state index contributed by atoms with van der Waals surface area (Å²) in [7, 11) is 0. The lowest BCUT2D eigenvalue weighted by molar-refractivity contribution is -0.128. The number of carbonyl (C=O) groups is 1. The van der Waals surface area contributed by atoms with Gasteiger partial charge in [0.25, 0.3) is 0 Å². The van der Waals surface area contributed by atoms with Gasteiger partial charge in [-0.25, -0.2) is 0 Å². The first-order valence-corrected chi connectivity index (χ1v) is 7.38. The maximum absolute atomic E-state index is 12.2. The minimum Gasteiger partial charge on any atom is -0.339 e. The van der Waals surface area contributed by atoms with Crippen LogP contribution in [0.1, 0.15) is 49.1 Å². The third kappa shape index (κ3) is 2.27. The van der Waals surface area contributed by atoms with Gasteiger partial charge >= 0.3 is 0 Å². The van der Waals surface area contributed by atoms with E-state index in [1.807, 2.05) is 6.07 Å². The van der Waals surface area contributed by atoms with Gasteiger partial charge in [-0.3, -0.25) is 4.79 Å². The zero-order chi connectivity index (χ0) is 13.2. The summed E-state index contributed by atoms with van der Waals surface area (Å²) in [6.07, 6.45) is 5.48. The molecule has 2 atom stereocenters. The Labute approximate surface area is 114 Å². The predicted octanol–water partition coefficient (Wildman–Crippen LogP) is 2.40. The van der Waals surface area contributed by atoms with E-state index in [1.54, 1.807) is 0 Å². The summed E-state index contributed by atoms with van der Waals surface area (Å²) in [6, 6.07) is 8.77. The summed E-state index contributed by atoms with van der Waals surface area (Å²) < 4.78 is 0. The van der Waals surface area contributed by atoms with Gasteiger partial charge < -0.3 is 10.6 Å². The molecule has 2 aliphatic heterocycles. The van der Waals surface area contributed by atoms with Crippen LogP contribution in [0, 0.1) is 0 Å². The van der Waals surface area contributed by atoms with Crippen molar-refractivity contribution >= 4 is 5.91 Å². The molecule has 0 spiro atoms. The molecule has 1 aromatic carbocycles. The van der Waals surface area contributed by atoms with Crippen molar-refractivity contribution in [2.24, 2.45) is 5.73 Å². The lowest BCUT2D eigenvalue weighted by Crippen LogP contribution is -2.34. The summed E-state index contributed by atoms with van der Waals surface area (Å²) >= 11 is 0. The molecule has 3 nitrogen and oxygen atoms in total. The predicted molar refractivity (Wildman–Crippen MR) is 75.7 cm³/mol. The van der Waals surface area contributed by atoms with Gasteiger partial charge in [0.15, 0.2) is 0 Å². The van der Waals surface area contributed by atoms with Crippen molar-refractivity contribution in [3.8, 4) is 0 Å². The van der Waals surface area contributed by atoms with Crippen molar-refractivity contribution in [2.45, 2.75) is 50.6 Å². The van der Waals surface area contributed by atoms with E-state index in [1.165, 1.54) is 24.0 Å². The molecule has 1 aromatic rings. The number of rotatable bonds is 2. The highest BCUT2D eigenvalue weighted by molar-refractivity contribution is 5.80. The van der Waals surface area contributed by atoms with E-state index in [0.29, 0.717) is 30.8 Å². The molecule has 2 saturated heterocycles. The molecule has 2 unspecified atom stereocenters. The van der Waals surface area contributed by atoms with Crippen LogP contribution in [0.3, 0.4) is 0 Å². The summed E-state index contributed by atoms with van der Waals surface area (Å²) in [5.74, 6) is 0.689. The number of hydrogen-bond donors (Lipinski definition) is 1. The molecule has 0 saturated carbocycles. The van der Waals surface area contributed by atoms with E-state index < -0.39 is 0 Å². The van der Waals surface area contributed by atoms with Gasteiger partial charge in [0.1, 0.15) is 0 Å². The van der Waals surface area contributed by atoms with E-state index in [0.717, 1.165) is 19.4 Å². The van der Waals surface area contributed by atoms with Crippen LogP contribution in [-0.2, 0) is 11.3 Å².